The van der Waals surface area contributed by atoms with Crippen molar-refractivity contribution >= 4 is 5.84 Å². The number of amidine groups is 1. The fourth-order valence-electron chi connectivity index (χ4n) is 1.85. The van der Waals surface area contributed by atoms with E-state index >= 15 is 0 Å². The normalized spacial score (nSPS) is 10.4. The van der Waals surface area contributed by atoms with Crippen LogP contribution in [0.15, 0.2) is 35.1 Å². The topological polar surface area (TPSA) is 84.8 Å². The lowest BCUT2D eigenvalue weighted by atomic mass is 10.1. The molecule has 19 heavy (non-hydrogen) atoms. The average molecular weight is 256 g/mol. The van der Waals surface area contributed by atoms with Crippen molar-refractivity contribution in [2.24, 2.45) is 12.8 Å². The van der Waals surface area contributed by atoms with Gasteiger partial charge in [-0.15, -0.1) is 0 Å². The minimum absolute atomic E-state index is 0.173. The van der Waals surface area contributed by atoms with Crippen molar-refractivity contribution in [3.8, 4) is 11.3 Å². The number of nitrogens with one attached hydrogen (secondary N) is 1. The Hall–Kier alpha value is -2.43. The lowest BCUT2D eigenvalue weighted by molar-refractivity contribution is 0.709. The summed E-state index contributed by atoms with van der Waals surface area (Å²) in [5.74, 6) is -0.241. The van der Waals surface area contributed by atoms with Gasteiger partial charge in [-0.2, -0.15) is 5.10 Å². The second kappa shape index (κ2) is 5.06. The Labute approximate surface area is 111 Å². The molecule has 1 heterocycles. The molecule has 0 amide bonds. The van der Waals surface area contributed by atoms with Crippen molar-refractivity contribution in [3.63, 3.8) is 0 Å². The number of aryl methyl sites for hydroxylation is 2. The van der Waals surface area contributed by atoms with Crippen molar-refractivity contribution in [2.45, 2.75) is 13.3 Å². The minimum Gasteiger partial charge on any atom is -0.384 e. The van der Waals surface area contributed by atoms with Crippen LogP contribution in [0, 0.1) is 5.41 Å². The average Bonchev–Trinajstić information content (AvgIpc) is 2.41. The molecular weight excluding hydrogens is 240 g/mol. The van der Waals surface area contributed by atoms with Gasteiger partial charge in [-0.25, -0.2) is 4.68 Å². The van der Waals surface area contributed by atoms with Gasteiger partial charge in [-0.05, 0) is 18.1 Å². The molecule has 0 bridgehead atoms. The van der Waals surface area contributed by atoms with Crippen LogP contribution in [0.25, 0.3) is 11.3 Å². The Morgan fingerprint density at radius 1 is 1.37 bits per heavy atom. The lowest BCUT2D eigenvalue weighted by Gasteiger charge is -2.07. The third-order valence-corrected chi connectivity index (χ3v) is 3.01. The number of aromatic nitrogens is 2. The third-order valence-electron chi connectivity index (χ3n) is 3.01. The molecule has 0 aliphatic rings. The number of hydrogen-bond donors (Lipinski definition) is 2. The van der Waals surface area contributed by atoms with Gasteiger partial charge in [-0.1, -0.05) is 31.2 Å². The van der Waals surface area contributed by atoms with Crippen molar-refractivity contribution in [1.29, 1.82) is 5.41 Å². The number of nitrogens with zero attached hydrogens (tertiary/aromatic N) is 2. The van der Waals surface area contributed by atoms with E-state index < -0.39 is 0 Å². The second-order valence-electron chi connectivity index (χ2n) is 4.34. The molecule has 5 nitrogen and oxygen atoms in total. The number of nitrogen functional groups attached to an aromatic ring is 1. The van der Waals surface area contributed by atoms with Crippen molar-refractivity contribution in [3.05, 3.63) is 51.8 Å². The number of benzene rings is 1. The maximum atomic E-state index is 11.8. The summed E-state index contributed by atoms with van der Waals surface area (Å²) in [6.07, 6.45) is 0.972. The van der Waals surface area contributed by atoms with Crippen LogP contribution >= 0.6 is 0 Å². The van der Waals surface area contributed by atoms with Gasteiger partial charge in [0.2, 0.25) is 0 Å². The van der Waals surface area contributed by atoms with Crippen LogP contribution in [0.3, 0.4) is 0 Å². The van der Waals surface area contributed by atoms with Crippen LogP contribution in [-0.4, -0.2) is 15.6 Å². The zero-order valence-electron chi connectivity index (χ0n) is 11.0. The highest BCUT2D eigenvalue weighted by molar-refractivity contribution is 5.95. The Kier molecular flexibility index (Phi) is 3.46. The quantitative estimate of drug-likeness (QED) is 0.641. The zero-order chi connectivity index (χ0) is 14.0. The SMILES string of the molecule is CCc1ccc(-c2cc(C(=N)N)c(=O)n(C)n2)cc1. The molecule has 2 aromatic rings. The molecule has 0 fully saturated rings. The van der Waals surface area contributed by atoms with E-state index in [1.807, 2.05) is 24.3 Å². The predicted molar refractivity (Wildman–Crippen MR) is 75.3 cm³/mol. The Balaban J connectivity index is 2.56. The lowest BCUT2D eigenvalue weighted by Crippen LogP contribution is -2.29. The highest BCUT2D eigenvalue weighted by Crippen LogP contribution is 2.17. The summed E-state index contributed by atoms with van der Waals surface area (Å²) in [7, 11) is 1.55. The molecule has 1 aromatic heterocycles. The van der Waals surface area contributed by atoms with Crippen LogP contribution < -0.4 is 11.3 Å². The number of hydrogen-bond acceptors (Lipinski definition) is 3. The fraction of sp³-hybridized carbons (Fsp3) is 0.214. The molecule has 0 unspecified atom stereocenters. The molecule has 0 saturated heterocycles. The van der Waals surface area contributed by atoms with Crippen molar-refractivity contribution in [1.82, 2.24) is 9.78 Å². The summed E-state index contributed by atoms with van der Waals surface area (Å²) in [6.45, 7) is 2.09. The van der Waals surface area contributed by atoms with E-state index in [-0.39, 0.29) is 17.0 Å². The zero-order valence-corrected chi connectivity index (χ0v) is 11.0. The van der Waals surface area contributed by atoms with E-state index in [4.69, 9.17) is 11.1 Å². The maximum Gasteiger partial charge on any atom is 0.277 e. The highest BCUT2D eigenvalue weighted by Gasteiger charge is 2.10. The van der Waals surface area contributed by atoms with Crippen LogP contribution in [0.4, 0.5) is 0 Å². The Bertz CT molecular complexity index is 671. The summed E-state index contributed by atoms with van der Waals surface area (Å²) in [5.41, 5.74) is 8.00. The van der Waals surface area contributed by atoms with Gasteiger partial charge < -0.3 is 5.73 Å². The summed E-state index contributed by atoms with van der Waals surface area (Å²) < 4.78 is 1.21. The van der Waals surface area contributed by atoms with Crippen molar-refractivity contribution < 1.29 is 0 Å². The molecule has 98 valence electrons. The van der Waals surface area contributed by atoms with Gasteiger partial charge in [0, 0.05) is 12.6 Å². The molecule has 1 aromatic carbocycles. The fourth-order valence-corrected chi connectivity index (χ4v) is 1.85. The molecular formula is C14H16N4O. The number of nitrogens with two attached hydrogens (primary N) is 1. The predicted octanol–water partition coefficient (Wildman–Crippen LogP) is 1.29. The van der Waals surface area contributed by atoms with Gasteiger partial charge in [-0.3, -0.25) is 10.2 Å². The van der Waals surface area contributed by atoms with Crippen LogP contribution in [0.5, 0.6) is 0 Å². The molecule has 0 radical (unpaired) electrons. The molecule has 0 spiro atoms. The first-order valence-electron chi connectivity index (χ1n) is 6.05. The maximum absolute atomic E-state index is 11.8. The van der Waals surface area contributed by atoms with E-state index in [2.05, 4.69) is 12.0 Å². The van der Waals surface area contributed by atoms with Crippen molar-refractivity contribution in [2.75, 3.05) is 0 Å². The Morgan fingerprint density at radius 2 is 2.00 bits per heavy atom. The Morgan fingerprint density at radius 3 is 2.53 bits per heavy atom. The standard InChI is InChI=1S/C14H16N4O/c1-3-9-4-6-10(7-5-9)12-8-11(13(15)16)14(19)18(2)17-12/h4-8H,3H2,1-2H3,(H3,15,16). The molecule has 0 aliphatic carbocycles. The van der Waals surface area contributed by atoms with E-state index in [0.29, 0.717) is 5.69 Å². The van der Waals surface area contributed by atoms with Gasteiger partial charge in [0.1, 0.15) is 5.84 Å². The first kappa shape index (κ1) is 13.0. The molecule has 3 N–H and O–H groups in total. The van der Waals surface area contributed by atoms with E-state index in [9.17, 15) is 4.79 Å². The smallest absolute Gasteiger partial charge is 0.277 e. The molecule has 2 rings (SSSR count). The third kappa shape index (κ3) is 2.54. The minimum atomic E-state index is -0.360. The van der Waals surface area contributed by atoms with Gasteiger partial charge in [0.15, 0.2) is 0 Å². The monoisotopic (exact) mass is 256 g/mol. The molecule has 0 aliphatic heterocycles. The van der Waals surface area contributed by atoms with Gasteiger partial charge in [0.25, 0.3) is 5.56 Å². The largest absolute Gasteiger partial charge is 0.384 e. The summed E-state index contributed by atoms with van der Waals surface area (Å²) >= 11 is 0. The van der Waals surface area contributed by atoms with Gasteiger partial charge >= 0.3 is 0 Å². The van der Waals surface area contributed by atoms with Crippen LogP contribution in [-0.2, 0) is 13.5 Å². The van der Waals surface area contributed by atoms with E-state index in [1.165, 1.54) is 10.2 Å². The van der Waals surface area contributed by atoms with Crippen LogP contribution in [0.2, 0.25) is 0 Å². The first-order valence-corrected chi connectivity index (χ1v) is 6.05. The van der Waals surface area contributed by atoms with E-state index in [1.54, 1.807) is 13.1 Å². The summed E-state index contributed by atoms with van der Waals surface area (Å²) in [5, 5.41) is 11.6. The van der Waals surface area contributed by atoms with Crippen LogP contribution in [0.1, 0.15) is 18.1 Å². The summed E-state index contributed by atoms with van der Waals surface area (Å²) in [4.78, 5) is 11.8. The first-order chi connectivity index (χ1) is 9.02. The molecule has 0 saturated carbocycles. The summed E-state index contributed by atoms with van der Waals surface area (Å²) in [6, 6.07) is 9.52. The highest BCUT2D eigenvalue weighted by atomic mass is 16.1. The molecule has 5 heteroatoms. The van der Waals surface area contributed by atoms with E-state index in [0.717, 1.165) is 12.0 Å². The molecule has 0 atom stereocenters. The van der Waals surface area contributed by atoms with Gasteiger partial charge in [0.05, 0.1) is 11.3 Å². The second-order valence-corrected chi connectivity index (χ2v) is 4.34. The number of rotatable bonds is 3.